The van der Waals surface area contributed by atoms with Gasteiger partial charge in [-0.15, -0.1) is 0 Å². The Morgan fingerprint density at radius 1 is 1.24 bits per heavy atom. The predicted molar refractivity (Wildman–Crippen MR) is 65.8 cm³/mol. The van der Waals surface area contributed by atoms with Crippen LogP contribution in [0.3, 0.4) is 0 Å². The lowest BCUT2D eigenvalue weighted by Gasteiger charge is -2.26. The molecule has 1 saturated heterocycles. The molecule has 1 aromatic rings. The van der Waals surface area contributed by atoms with Crippen LogP contribution in [0, 0.1) is 5.92 Å². The van der Waals surface area contributed by atoms with E-state index in [0.29, 0.717) is 31.0 Å². The van der Waals surface area contributed by atoms with Gasteiger partial charge in [0.15, 0.2) is 0 Å². The third-order valence-electron chi connectivity index (χ3n) is 2.57. The van der Waals surface area contributed by atoms with Crippen LogP contribution in [0.1, 0.15) is 19.7 Å². The predicted octanol–water partition coefficient (Wildman–Crippen LogP) is 0.489. The second-order valence-electron chi connectivity index (χ2n) is 4.61. The Balaban J connectivity index is 2.18. The van der Waals surface area contributed by atoms with Gasteiger partial charge < -0.3 is 15.4 Å². The van der Waals surface area contributed by atoms with Crippen LogP contribution in [0.5, 0.6) is 0 Å². The quantitative estimate of drug-likeness (QED) is 0.824. The first-order valence-electron chi connectivity index (χ1n) is 5.98. The van der Waals surface area contributed by atoms with Crippen molar-refractivity contribution in [2.75, 3.05) is 36.9 Å². The van der Waals surface area contributed by atoms with Gasteiger partial charge in [0.25, 0.3) is 0 Å². The number of anilines is 2. The van der Waals surface area contributed by atoms with Crippen LogP contribution < -0.4 is 10.6 Å². The summed E-state index contributed by atoms with van der Waals surface area (Å²) < 4.78 is 5.30. The average Bonchev–Trinajstić information content (AvgIpc) is 2.28. The van der Waals surface area contributed by atoms with Gasteiger partial charge in [-0.1, -0.05) is 13.8 Å². The molecule has 0 amide bonds. The fourth-order valence-electron chi connectivity index (χ4n) is 1.79. The molecule has 94 valence electrons. The highest BCUT2D eigenvalue weighted by atomic mass is 16.5. The van der Waals surface area contributed by atoms with Gasteiger partial charge in [-0.2, -0.15) is 15.0 Å². The maximum absolute atomic E-state index is 5.72. The summed E-state index contributed by atoms with van der Waals surface area (Å²) in [5.41, 5.74) is 5.72. The Bertz CT molecular complexity index is 376. The molecule has 0 aliphatic carbocycles. The average molecular weight is 237 g/mol. The molecule has 0 radical (unpaired) electrons. The number of hydrogen-bond donors (Lipinski definition) is 1. The van der Waals surface area contributed by atoms with Gasteiger partial charge in [0.1, 0.15) is 5.82 Å². The first-order chi connectivity index (χ1) is 8.15. The van der Waals surface area contributed by atoms with Crippen molar-refractivity contribution in [1.82, 2.24) is 15.0 Å². The van der Waals surface area contributed by atoms with Crippen LogP contribution in [0.15, 0.2) is 0 Å². The van der Waals surface area contributed by atoms with Crippen molar-refractivity contribution in [1.29, 1.82) is 0 Å². The van der Waals surface area contributed by atoms with E-state index < -0.39 is 0 Å². The van der Waals surface area contributed by atoms with E-state index in [9.17, 15) is 0 Å². The molecule has 17 heavy (non-hydrogen) atoms. The second kappa shape index (κ2) is 5.27. The number of nitrogen functional groups attached to an aromatic ring is 1. The summed E-state index contributed by atoms with van der Waals surface area (Å²) in [6.45, 7) is 7.31. The first-order valence-corrected chi connectivity index (χ1v) is 5.98. The molecule has 0 aromatic carbocycles. The zero-order chi connectivity index (χ0) is 12.3. The van der Waals surface area contributed by atoms with Gasteiger partial charge in [-0.05, 0) is 5.92 Å². The monoisotopic (exact) mass is 237 g/mol. The lowest BCUT2D eigenvalue weighted by Crippen LogP contribution is -2.37. The molecule has 2 N–H and O–H groups in total. The molecule has 1 aromatic heterocycles. The maximum Gasteiger partial charge on any atom is 0.230 e. The molecule has 1 aliphatic rings. The fourth-order valence-corrected chi connectivity index (χ4v) is 1.79. The van der Waals surface area contributed by atoms with E-state index in [4.69, 9.17) is 10.5 Å². The maximum atomic E-state index is 5.72. The summed E-state index contributed by atoms with van der Waals surface area (Å²) in [5, 5.41) is 0. The summed E-state index contributed by atoms with van der Waals surface area (Å²) in [4.78, 5) is 14.9. The fraction of sp³-hybridized carbons (Fsp3) is 0.727. The van der Waals surface area contributed by atoms with Crippen molar-refractivity contribution in [3.8, 4) is 0 Å². The number of morpholine rings is 1. The summed E-state index contributed by atoms with van der Waals surface area (Å²) in [6, 6.07) is 0. The molecule has 6 heteroatoms. The highest BCUT2D eigenvalue weighted by molar-refractivity contribution is 5.35. The normalized spacial score (nSPS) is 16.5. The number of ether oxygens (including phenoxy) is 1. The first kappa shape index (κ1) is 12.0. The van der Waals surface area contributed by atoms with Crippen molar-refractivity contribution >= 4 is 11.9 Å². The minimum atomic E-state index is 0.303. The van der Waals surface area contributed by atoms with E-state index in [1.165, 1.54) is 0 Å². The lowest BCUT2D eigenvalue weighted by molar-refractivity contribution is 0.122. The summed E-state index contributed by atoms with van der Waals surface area (Å²) in [7, 11) is 0. The van der Waals surface area contributed by atoms with Gasteiger partial charge in [-0.3, -0.25) is 0 Å². The molecule has 0 spiro atoms. The van der Waals surface area contributed by atoms with E-state index in [0.717, 1.165) is 25.3 Å². The third kappa shape index (κ3) is 3.26. The number of nitrogens with zero attached hydrogens (tertiary/aromatic N) is 4. The molecule has 1 fully saturated rings. The molecule has 0 unspecified atom stereocenters. The van der Waals surface area contributed by atoms with Crippen LogP contribution in [0.25, 0.3) is 0 Å². The van der Waals surface area contributed by atoms with Crippen molar-refractivity contribution in [2.45, 2.75) is 20.3 Å². The molecular formula is C11H19N5O. The van der Waals surface area contributed by atoms with E-state index in [2.05, 4.69) is 33.7 Å². The third-order valence-corrected chi connectivity index (χ3v) is 2.57. The van der Waals surface area contributed by atoms with Crippen molar-refractivity contribution in [2.24, 2.45) is 5.92 Å². The zero-order valence-electron chi connectivity index (χ0n) is 10.4. The molecule has 0 atom stereocenters. The Hall–Kier alpha value is -1.43. The summed E-state index contributed by atoms with van der Waals surface area (Å²) in [6.07, 6.45) is 0.823. The number of aromatic nitrogens is 3. The van der Waals surface area contributed by atoms with Crippen molar-refractivity contribution in [3.63, 3.8) is 0 Å². The number of hydrogen-bond acceptors (Lipinski definition) is 6. The van der Waals surface area contributed by atoms with Crippen molar-refractivity contribution < 1.29 is 4.74 Å². The summed E-state index contributed by atoms with van der Waals surface area (Å²) in [5.74, 6) is 2.26. The molecule has 0 bridgehead atoms. The Morgan fingerprint density at radius 2 is 1.94 bits per heavy atom. The van der Waals surface area contributed by atoms with Crippen LogP contribution in [-0.2, 0) is 11.2 Å². The second-order valence-corrected chi connectivity index (χ2v) is 4.61. The summed E-state index contributed by atoms with van der Waals surface area (Å²) >= 11 is 0. The Labute approximate surface area is 101 Å². The van der Waals surface area contributed by atoms with E-state index in [1.807, 2.05) is 0 Å². The van der Waals surface area contributed by atoms with Gasteiger partial charge in [0.05, 0.1) is 13.2 Å². The standard InChI is InChI=1S/C11H19N5O/c1-8(2)7-9-13-10(12)15-11(14-9)16-3-5-17-6-4-16/h8H,3-7H2,1-2H3,(H2,12,13,14,15). The molecule has 6 nitrogen and oxygen atoms in total. The minimum Gasteiger partial charge on any atom is -0.378 e. The van der Waals surface area contributed by atoms with Crippen LogP contribution in [-0.4, -0.2) is 41.3 Å². The minimum absolute atomic E-state index is 0.303. The van der Waals surface area contributed by atoms with E-state index in [1.54, 1.807) is 0 Å². The highest BCUT2D eigenvalue weighted by Crippen LogP contribution is 2.13. The Kier molecular flexibility index (Phi) is 3.73. The smallest absolute Gasteiger partial charge is 0.230 e. The lowest BCUT2D eigenvalue weighted by atomic mass is 10.1. The van der Waals surface area contributed by atoms with Gasteiger partial charge in [0.2, 0.25) is 11.9 Å². The van der Waals surface area contributed by atoms with Gasteiger partial charge >= 0.3 is 0 Å². The molecule has 0 saturated carbocycles. The SMILES string of the molecule is CC(C)Cc1nc(N)nc(N2CCOCC2)n1. The van der Waals surface area contributed by atoms with Crippen LogP contribution in [0.2, 0.25) is 0 Å². The largest absolute Gasteiger partial charge is 0.378 e. The van der Waals surface area contributed by atoms with Crippen LogP contribution >= 0.6 is 0 Å². The Morgan fingerprint density at radius 3 is 2.59 bits per heavy atom. The van der Waals surface area contributed by atoms with Crippen molar-refractivity contribution in [3.05, 3.63) is 5.82 Å². The van der Waals surface area contributed by atoms with E-state index >= 15 is 0 Å². The zero-order valence-corrected chi connectivity index (χ0v) is 10.4. The van der Waals surface area contributed by atoms with Gasteiger partial charge in [-0.25, -0.2) is 0 Å². The van der Waals surface area contributed by atoms with Gasteiger partial charge in [0, 0.05) is 19.5 Å². The highest BCUT2D eigenvalue weighted by Gasteiger charge is 2.16. The molecular weight excluding hydrogens is 218 g/mol. The van der Waals surface area contributed by atoms with E-state index in [-0.39, 0.29) is 0 Å². The molecule has 2 heterocycles. The molecule has 1 aliphatic heterocycles. The number of rotatable bonds is 3. The topological polar surface area (TPSA) is 77.2 Å². The molecule has 2 rings (SSSR count). The van der Waals surface area contributed by atoms with Crippen LogP contribution in [0.4, 0.5) is 11.9 Å². The number of nitrogens with two attached hydrogens (primary N) is 1.